The van der Waals surface area contributed by atoms with E-state index >= 15 is 0 Å². The van der Waals surface area contributed by atoms with Gasteiger partial charge in [-0.2, -0.15) is 0 Å². The van der Waals surface area contributed by atoms with Gasteiger partial charge in [-0.1, -0.05) is 61.5 Å². The molecule has 0 aromatic carbocycles. The zero-order valence-electron chi connectivity index (χ0n) is 21.3. The minimum absolute atomic E-state index is 0.481. The van der Waals surface area contributed by atoms with Crippen molar-refractivity contribution in [1.82, 2.24) is 9.97 Å². The van der Waals surface area contributed by atoms with E-state index in [0.717, 1.165) is 35.5 Å². The lowest BCUT2D eigenvalue weighted by molar-refractivity contribution is 0.326. The van der Waals surface area contributed by atoms with Crippen molar-refractivity contribution in [2.45, 2.75) is 89.0 Å². The van der Waals surface area contributed by atoms with Crippen LogP contribution in [-0.4, -0.2) is 16.6 Å². The fourth-order valence-corrected chi connectivity index (χ4v) is 3.44. The van der Waals surface area contributed by atoms with Crippen LogP contribution in [0.4, 0.5) is 0 Å². The summed E-state index contributed by atoms with van der Waals surface area (Å²) in [7, 11) is 0. The molecule has 30 heavy (non-hydrogen) atoms. The van der Waals surface area contributed by atoms with Crippen molar-refractivity contribution in [3.05, 3.63) is 46.8 Å². The van der Waals surface area contributed by atoms with Gasteiger partial charge >= 0.3 is 0 Å². The first-order valence-electron chi connectivity index (χ1n) is 11.8. The first-order valence-corrected chi connectivity index (χ1v) is 11.8. The summed E-state index contributed by atoms with van der Waals surface area (Å²) in [6, 6.07) is 6.38. The number of hydrogen-bond donors (Lipinski definition) is 0. The maximum absolute atomic E-state index is 5.57. The number of aromatic nitrogens is 2. The van der Waals surface area contributed by atoms with E-state index in [1.54, 1.807) is 0 Å². The van der Waals surface area contributed by atoms with Gasteiger partial charge in [-0.25, -0.2) is 4.98 Å². The van der Waals surface area contributed by atoms with Crippen LogP contribution >= 0.6 is 0 Å². The number of nitrogens with zero attached hydrogens (tertiary/aromatic N) is 2. The van der Waals surface area contributed by atoms with Crippen molar-refractivity contribution in [2.24, 2.45) is 5.92 Å². The molecule has 3 heteroatoms. The molecule has 0 aliphatic heterocycles. The highest BCUT2D eigenvalue weighted by Gasteiger charge is 2.17. The van der Waals surface area contributed by atoms with Crippen LogP contribution in [0.15, 0.2) is 24.3 Å². The van der Waals surface area contributed by atoms with E-state index in [2.05, 4.69) is 59.8 Å². The molecular formula is C27H44N2O. The molecule has 0 aliphatic rings. The Bertz CT molecular complexity index is 792. The Kier molecular flexibility index (Phi) is 13.7. The molecular weight excluding hydrogens is 368 g/mol. The number of hydrogen-bond acceptors (Lipinski definition) is 3. The molecule has 0 atom stereocenters. The van der Waals surface area contributed by atoms with Crippen LogP contribution in [0.3, 0.4) is 0 Å². The van der Waals surface area contributed by atoms with Crippen LogP contribution in [0, 0.1) is 12.8 Å². The summed E-state index contributed by atoms with van der Waals surface area (Å²) in [4.78, 5) is 9.72. The normalized spacial score (nSPS) is 10.7. The van der Waals surface area contributed by atoms with Crippen molar-refractivity contribution in [2.75, 3.05) is 6.61 Å². The van der Waals surface area contributed by atoms with Crippen LogP contribution in [0.2, 0.25) is 0 Å². The smallest absolute Gasteiger partial charge is 0.213 e. The van der Waals surface area contributed by atoms with Crippen LogP contribution in [0.1, 0.15) is 91.8 Å². The second kappa shape index (κ2) is 14.8. The molecule has 0 saturated heterocycles. The number of pyridine rings is 2. The van der Waals surface area contributed by atoms with Gasteiger partial charge in [0, 0.05) is 17.3 Å². The maximum Gasteiger partial charge on any atom is 0.213 e. The van der Waals surface area contributed by atoms with Crippen LogP contribution in [-0.2, 0) is 12.8 Å². The average Bonchev–Trinajstić information content (AvgIpc) is 2.77. The summed E-state index contributed by atoms with van der Waals surface area (Å²) in [5.74, 6) is 1.17. The van der Waals surface area contributed by atoms with Gasteiger partial charge in [0.05, 0.1) is 18.0 Å². The number of ether oxygens (including phenoxy) is 1. The Morgan fingerprint density at radius 1 is 1.00 bits per heavy atom. The zero-order chi connectivity index (χ0) is 23.3. The molecule has 0 N–H and O–H groups in total. The largest absolute Gasteiger partial charge is 0.478 e. The van der Waals surface area contributed by atoms with E-state index in [1.807, 2.05) is 40.7 Å². The minimum atomic E-state index is 0.481. The van der Waals surface area contributed by atoms with Gasteiger partial charge in [-0.3, -0.25) is 4.98 Å². The van der Waals surface area contributed by atoms with Crippen LogP contribution in [0.25, 0.3) is 16.8 Å². The molecule has 0 bridgehead atoms. The highest BCUT2D eigenvalue weighted by molar-refractivity contribution is 5.73. The van der Waals surface area contributed by atoms with Gasteiger partial charge in [0.15, 0.2) is 0 Å². The highest BCUT2D eigenvalue weighted by atomic mass is 16.5. The Balaban J connectivity index is 0.00000198. The number of aryl methyl sites for hydroxylation is 3. The van der Waals surface area contributed by atoms with Gasteiger partial charge < -0.3 is 4.74 Å². The van der Waals surface area contributed by atoms with E-state index in [-0.39, 0.29) is 0 Å². The molecule has 0 amide bonds. The summed E-state index contributed by atoms with van der Waals surface area (Å²) >= 11 is 0. The molecule has 0 aliphatic carbocycles. The van der Waals surface area contributed by atoms with Crippen molar-refractivity contribution >= 4 is 5.57 Å². The lowest BCUT2D eigenvalue weighted by atomic mass is 9.91. The number of allylic oxidation sites excluding steroid dienone is 2. The fraction of sp³-hybridized carbons (Fsp3) is 0.556. The van der Waals surface area contributed by atoms with E-state index < -0.39 is 0 Å². The fourth-order valence-electron chi connectivity index (χ4n) is 3.44. The molecule has 2 aromatic rings. The molecule has 0 saturated carbocycles. The second-order valence-corrected chi connectivity index (χ2v) is 6.81. The van der Waals surface area contributed by atoms with Gasteiger partial charge in [-0.05, 0) is 68.4 Å². The molecule has 3 nitrogen and oxygen atoms in total. The molecule has 0 radical (unpaired) electrons. The van der Waals surface area contributed by atoms with E-state index in [4.69, 9.17) is 14.7 Å². The standard InChI is InChI=1S/C23H32N2O.2C2H6/c1-8-17-14-20(18(9-2)15(5)6)16(7)24-23(17)19-12-13-22(26-11-4)25-21(19)10-3;2*1-2/h9,12-15H,8,10-11H2,1-7H3;2*1-2H3/b18-9-;;. The first kappa shape index (κ1) is 27.8. The SMILES string of the molecule is C/C=C(\c1cc(CC)c(-c2ccc(OCC)nc2CC)nc1C)C(C)C.CC.CC. The predicted octanol–water partition coefficient (Wildman–Crippen LogP) is 8.09. The summed E-state index contributed by atoms with van der Waals surface area (Å²) in [5, 5.41) is 0. The third-order valence-corrected chi connectivity index (χ3v) is 4.75. The third-order valence-electron chi connectivity index (χ3n) is 4.75. The topological polar surface area (TPSA) is 35.0 Å². The van der Waals surface area contributed by atoms with Gasteiger partial charge in [0.25, 0.3) is 0 Å². The highest BCUT2D eigenvalue weighted by Crippen LogP contribution is 2.32. The first-order chi connectivity index (χ1) is 14.5. The lowest BCUT2D eigenvalue weighted by Crippen LogP contribution is -2.05. The molecule has 0 unspecified atom stereocenters. The van der Waals surface area contributed by atoms with Crippen molar-refractivity contribution in [3.8, 4) is 17.1 Å². The molecule has 2 aromatic heterocycles. The third kappa shape index (κ3) is 6.97. The molecule has 0 fully saturated rings. The summed E-state index contributed by atoms with van der Waals surface area (Å²) in [5.41, 5.74) is 8.19. The predicted molar refractivity (Wildman–Crippen MR) is 133 cm³/mol. The van der Waals surface area contributed by atoms with Gasteiger partial charge in [0.2, 0.25) is 5.88 Å². The quantitative estimate of drug-likeness (QED) is 0.461. The summed E-state index contributed by atoms with van der Waals surface area (Å²) in [6.45, 7) is 23.6. The zero-order valence-corrected chi connectivity index (χ0v) is 21.3. The Morgan fingerprint density at radius 2 is 1.63 bits per heavy atom. The minimum Gasteiger partial charge on any atom is -0.478 e. The number of rotatable bonds is 7. The Labute approximate surface area is 186 Å². The molecule has 2 rings (SSSR count). The van der Waals surface area contributed by atoms with E-state index in [1.165, 1.54) is 16.7 Å². The monoisotopic (exact) mass is 412 g/mol. The van der Waals surface area contributed by atoms with Crippen molar-refractivity contribution in [3.63, 3.8) is 0 Å². The Hall–Kier alpha value is -2.16. The van der Waals surface area contributed by atoms with Crippen LogP contribution < -0.4 is 4.74 Å². The summed E-state index contributed by atoms with van der Waals surface area (Å²) < 4.78 is 5.57. The Morgan fingerprint density at radius 3 is 2.10 bits per heavy atom. The molecule has 168 valence electrons. The van der Waals surface area contributed by atoms with Gasteiger partial charge in [-0.15, -0.1) is 0 Å². The van der Waals surface area contributed by atoms with Crippen molar-refractivity contribution < 1.29 is 4.74 Å². The maximum atomic E-state index is 5.57. The molecule has 0 spiro atoms. The lowest BCUT2D eigenvalue weighted by Gasteiger charge is -2.18. The molecule has 2 heterocycles. The summed E-state index contributed by atoms with van der Waals surface area (Å²) in [6.07, 6.45) is 4.01. The van der Waals surface area contributed by atoms with Crippen molar-refractivity contribution in [1.29, 1.82) is 0 Å². The van der Waals surface area contributed by atoms with Gasteiger partial charge in [0.1, 0.15) is 0 Å². The van der Waals surface area contributed by atoms with Crippen LogP contribution in [0.5, 0.6) is 5.88 Å². The second-order valence-electron chi connectivity index (χ2n) is 6.81. The van der Waals surface area contributed by atoms with E-state index in [9.17, 15) is 0 Å². The van der Waals surface area contributed by atoms with E-state index in [0.29, 0.717) is 18.4 Å². The average molecular weight is 413 g/mol.